The average molecular weight is 228 g/mol. The van der Waals surface area contributed by atoms with Crippen LogP contribution in [0.15, 0.2) is 0 Å². The topological polar surface area (TPSA) is 75.8 Å². The lowest BCUT2D eigenvalue weighted by atomic mass is 10.1. The number of rotatable bonds is 3. The molecule has 0 aromatic heterocycles. The summed E-state index contributed by atoms with van der Waals surface area (Å²) in [5.74, 6) is -0.830. The standard InChI is InChI=1S/C11H20N2O3/c12-8-3-5-13(6-4-8)7-9-1-2-10(16-9)11(14)15/h8-10H,1-7,12H2,(H,14,15). The smallest absolute Gasteiger partial charge is 0.332 e. The van der Waals surface area contributed by atoms with Crippen LogP contribution in [0.4, 0.5) is 0 Å². The molecular weight excluding hydrogens is 208 g/mol. The maximum Gasteiger partial charge on any atom is 0.332 e. The van der Waals surface area contributed by atoms with Crippen LogP contribution < -0.4 is 5.73 Å². The van der Waals surface area contributed by atoms with E-state index in [-0.39, 0.29) is 6.10 Å². The molecule has 92 valence electrons. The zero-order valence-electron chi connectivity index (χ0n) is 9.47. The molecule has 0 aliphatic carbocycles. The molecule has 0 aromatic rings. The van der Waals surface area contributed by atoms with Crippen molar-refractivity contribution in [2.45, 2.75) is 43.9 Å². The van der Waals surface area contributed by atoms with Gasteiger partial charge in [0.2, 0.25) is 0 Å². The minimum atomic E-state index is -0.830. The van der Waals surface area contributed by atoms with Crippen molar-refractivity contribution in [2.24, 2.45) is 5.73 Å². The predicted molar refractivity (Wildman–Crippen MR) is 59.2 cm³/mol. The Morgan fingerprint density at radius 1 is 1.31 bits per heavy atom. The molecule has 2 saturated heterocycles. The SMILES string of the molecule is NC1CCN(CC2CCC(C(=O)O)O2)CC1. The van der Waals surface area contributed by atoms with Gasteiger partial charge in [-0.15, -0.1) is 0 Å². The summed E-state index contributed by atoms with van der Waals surface area (Å²) in [6, 6.07) is 0.340. The second kappa shape index (κ2) is 5.12. The van der Waals surface area contributed by atoms with Gasteiger partial charge in [0.1, 0.15) is 0 Å². The molecule has 2 unspecified atom stereocenters. The van der Waals surface area contributed by atoms with Crippen LogP contribution >= 0.6 is 0 Å². The van der Waals surface area contributed by atoms with Gasteiger partial charge in [0.15, 0.2) is 6.10 Å². The number of likely N-dealkylation sites (tertiary alicyclic amines) is 1. The van der Waals surface area contributed by atoms with Crippen LogP contribution in [-0.2, 0) is 9.53 Å². The largest absolute Gasteiger partial charge is 0.479 e. The fourth-order valence-electron chi connectivity index (χ4n) is 2.45. The molecule has 5 nitrogen and oxygen atoms in total. The molecule has 16 heavy (non-hydrogen) atoms. The van der Waals surface area contributed by atoms with E-state index in [1.54, 1.807) is 0 Å². The average Bonchev–Trinajstić information content (AvgIpc) is 2.70. The molecule has 5 heteroatoms. The third kappa shape index (κ3) is 2.93. The van der Waals surface area contributed by atoms with E-state index < -0.39 is 12.1 Å². The number of hydrogen-bond acceptors (Lipinski definition) is 4. The Kier molecular flexibility index (Phi) is 3.78. The van der Waals surface area contributed by atoms with Crippen LogP contribution in [-0.4, -0.2) is 53.9 Å². The number of carbonyl (C=O) groups is 1. The number of hydrogen-bond donors (Lipinski definition) is 2. The zero-order chi connectivity index (χ0) is 11.5. The Labute approximate surface area is 95.5 Å². The number of carboxylic acids is 1. The lowest BCUT2D eigenvalue weighted by Gasteiger charge is -2.31. The van der Waals surface area contributed by atoms with Crippen LogP contribution in [0, 0.1) is 0 Å². The number of ether oxygens (including phenoxy) is 1. The molecule has 2 fully saturated rings. The van der Waals surface area contributed by atoms with Gasteiger partial charge in [-0.3, -0.25) is 0 Å². The quantitative estimate of drug-likeness (QED) is 0.713. The summed E-state index contributed by atoms with van der Waals surface area (Å²) in [6.45, 7) is 2.88. The molecule has 2 rings (SSSR count). The van der Waals surface area contributed by atoms with Crippen molar-refractivity contribution in [3.8, 4) is 0 Å². The zero-order valence-corrected chi connectivity index (χ0v) is 9.47. The first-order valence-electron chi connectivity index (χ1n) is 6.01. The van der Waals surface area contributed by atoms with Gasteiger partial charge in [0, 0.05) is 12.6 Å². The Hall–Kier alpha value is -0.650. The van der Waals surface area contributed by atoms with Gasteiger partial charge < -0.3 is 20.5 Å². The molecule has 0 amide bonds. The summed E-state index contributed by atoms with van der Waals surface area (Å²) in [5, 5.41) is 8.82. The van der Waals surface area contributed by atoms with Gasteiger partial charge in [-0.05, 0) is 38.8 Å². The van der Waals surface area contributed by atoms with Gasteiger partial charge in [0.05, 0.1) is 6.10 Å². The van der Waals surface area contributed by atoms with Gasteiger partial charge in [-0.25, -0.2) is 4.79 Å². The van der Waals surface area contributed by atoms with Gasteiger partial charge in [-0.1, -0.05) is 0 Å². The van der Waals surface area contributed by atoms with Gasteiger partial charge in [0.25, 0.3) is 0 Å². The summed E-state index contributed by atoms with van der Waals surface area (Å²) in [5.41, 5.74) is 5.83. The van der Waals surface area contributed by atoms with Gasteiger partial charge >= 0.3 is 5.97 Å². The first-order chi connectivity index (χ1) is 7.65. The van der Waals surface area contributed by atoms with Crippen molar-refractivity contribution in [3.63, 3.8) is 0 Å². The molecule has 0 radical (unpaired) electrons. The Morgan fingerprint density at radius 2 is 2.00 bits per heavy atom. The lowest BCUT2D eigenvalue weighted by molar-refractivity contribution is -0.149. The van der Waals surface area contributed by atoms with Crippen molar-refractivity contribution in [2.75, 3.05) is 19.6 Å². The van der Waals surface area contributed by atoms with E-state index in [1.807, 2.05) is 0 Å². The summed E-state index contributed by atoms with van der Waals surface area (Å²) in [7, 11) is 0. The molecule has 2 heterocycles. The van der Waals surface area contributed by atoms with Crippen molar-refractivity contribution in [3.05, 3.63) is 0 Å². The highest BCUT2D eigenvalue weighted by Crippen LogP contribution is 2.21. The molecule has 2 atom stereocenters. The van der Waals surface area contributed by atoms with Crippen LogP contribution in [0.5, 0.6) is 0 Å². The van der Waals surface area contributed by atoms with E-state index in [2.05, 4.69) is 4.90 Å². The van der Waals surface area contributed by atoms with E-state index in [9.17, 15) is 4.79 Å². The molecule has 3 N–H and O–H groups in total. The summed E-state index contributed by atoms with van der Waals surface area (Å²) in [4.78, 5) is 13.1. The predicted octanol–water partition coefficient (Wildman–Crippen LogP) is 0.0417. The molecule has 2 aliphatic rings. The number of nitrogens with two attached hydrogens (primary N) is 1. The first kappa shape index (κ1) is 11.8. The number of aliphatic carboxylic acids is 1. The van der Waals surface area contributed by atoms with Crippen molar-refractivity contribution < 1.29 is 14.6 Å². The Morgan fingerprint density at radius 3 is 2.56 bits per heavy atom. The highest BCUT2D eigenvalue weighted by atomic mass is 16.5. The maximum atomic E-state index is 10.7. The molecule has 0 spiro atoms. The van der Waals surface area contributed by atoms with E-state index in [0.717, 1.165) is 38.9 Å². The Balaban J connectivity index is 1.73. The molecular formula is C11H20N2O3. The highest BCUT2D eigenvalue weighted by molar-refractivity contribution is 5.72. The monoisotopic (exact) mass is 228 g/mol. The third-order valence-electron chi connectivity index (χ3n) is 3.48. The third-order valence-corrected chi connectivity index (χ3v) is 3.48. The summed E-state index contributed by atoms with van der Waals surface area (Å²) >= 11 is 0. The van der Waals surface area contributed by atoms with Crippen molar-refractivity contribution in [1.29, 1.82) is 0 Å². The van der Waals surface area contributed by atoms with Crippen molar-refractivity contribution in [1.82, 2.24) is 4.90 Å². The van der Waals surface area contributed by atoms with Crippen LogP contribution in [0.1, 0.15) is 25.7 Å². The summed E-state index contributed by atoms with van der Waals surface area (Å²) in [6.07, 6.45) is 3.09. The van der Waals surface area contributed by atoms with Gasteiger partial charge in [-0.2, -0.15) is 0 Å². The number of carboxylic acid groups (broad SMARTS) is 1. The molecule has 0 aromatic carbocycles. The van der Waals surface area contributed by atoms with E-state index >= 15 is 0 Å². The fourth-order valence-corrected chi connectivity index (χ4v) is 2.45. The van der Waals surface area contributed by atoms with E-state index in [4.69, 9.17) is 15.6 Å². The second-order valence-corrected chi connectivity index (χ2v) is 4.80. The molecule has 2 aliphatic heterocycles. The maximum absolute atomic E-state index is 10.7. The fraction of sp³-hybridized carbons (Fsp3) is 0.909. The van der Waals surface area contributed by atoms with Crippen LogP contribution in [0.2, 0.25) is 0 Å². The normalized spacial score (nSPS) is 33.1. The number of piperidine rings is 1. The summed E-state index contributed by atoms with van der Waals surface area (Å²) < 4.78 is 5.48. The van der Waals surface area contributed by atoms with Crippen molar-refractivity contribution >= 4 is 5.97 Å². The Bertz CT molecular complexity index is 252. The minimum absolute atomic E-state index is 0.0930. The first-order valence-corrected chi connectivity index (χ1v) is 6.01. The number of nitrogens with zero attached hydrogens (tertiary/aromatic N) is 1. The van der Waals surface area contributed by atoms with E-state index in [1.165, 1.54) is 0 Å². The van der Waals surface area contributed by atoms with Crippen LogP contribution in [0.3, 0.4) is 0 Å². The second-order valence-electron chi connectivity index (χ2n) is 4.80. The molecule has 0 bridgehead atoms. The van der Waals surface area contributed by atoms with Crippen LogP contribution in [0.25, 0.3) is 0 Å². The lowest BCUT2D eigenvalue weighted by Crippen LogP contribution is -2.43. The minimum Gasteiger partial charge on any atom is -0.479 e. The highest BCUT2D eigenvalue weighted by Gasteiger charge is 2.31. The molecule has 0 saturated carbocycles. The van der Waals surface area contributed by atoms with E-state index in [0.29, 0.717) is 12.5 Å².